The minimum atomic E-state index is -0.139. The van der Waals surface area contributed by atoms with Crippen LogP contribution in [0.25, 0.3) is 0 Å². The number of thioether (sulfide) groups is 1. The summed E-state index contributed by atoms with van der Waals surface area (Å²) in [5.41, 5.74) is 1.09. The van der Waals surface area contributed by atoms with Gasteiger partial charge in [-0.3, -0.25) is 14.5 Å². The predicted molar refractivity (Wildman–Crippen MR) is 96.2 cm³/mol. The van der Waals surface area contributed by atoms with Gasteiger partial charge in [0.25, 0.3) is 11.8 Å². The van der Waals surface area contributed by atoms with Gasteiger partial charge in [0.2, 0.25) is 0 Å². The van der Waals surface area contributed by atoms with E-state index in [-0.39, 0.29) is 11.8 Å². The topological polar surface area (TPSA) is 40.6 Å². The second-order valence-electron chi connectivity index (χ2n) is 5.65. The number of benzene rings is 1. The number of nitrogens with zero attached hydrogens (tertiary/aromatic N) is 2. The van der Waals surface area contributed by atoms with Crippen molar-refractivity contribution in [2.75, 3.05) is 37.7 Å². The molecule has 0 aliphatic carbocycles. The van der Waals surface area contributed by atoms with E-state index in [0.29, 0.717) is 17.7 Å². The zero-order chi connectivity index (χ0) is 16.7. The number of unbranched alkanes of at least 4 members (excludes halogenated alkanes) is 1. The van der Waals surface area contributed by atoms with Gasteiger partial charge in [0.1, 0.15) is 0 Å². The lowest BCUT2D eigenvalue weighted by molar-refractivity contribution is 0.0652. The highest BCUT2D eigenvalue weighted by molar-refractivity contribution is 7.99. The molecule has 1 aromatic carbocycles. The molecule has 23 heavy (non-hydrogen) atoms. The van der Waals surface area contributed by atoms with Gasteiger partial charge in [-0.15, -0.1) is 0 Å². The smallest absolute Gasteiger partial charge is 0.261 e. The number of rotatable bonds is 10. The molecule has 0 radical (unpaired) electrons. The van der Waals surface area contributed by atoms with Gasteiger partial charge in [0.15, 0.2) is 0 Å². The van der Waals surface area contributed by atoms with Gasteiger partial charge < -0.3 is 4.90 Å². The maximum Gasteiger partial charge on any atom is 0.261 e. The molecule has 0 saturated heterocycles. The Labute approximate surface area is 143 Å². The van der Waals surface area contributed by atoms with E-state index in [1.807, 2.05) is 11.8 Å². The van der Waals surface area contributed by atoms with Crippen LogP contribution in [-0.2, 0) is 0 Å². The normalized spacial score (nSPS) is 14.0. The van der Waals surface area contributed by atoms with Crippen molar-refractivity contribution in [3.8, 4) is 0 Å². The van der Waals surface area contributed by atoms with Crippen LogP contribution in [0.2, 0.25) is 0 Å². The first-order valence-corrected chi connectivity index (χ1v) is 9.59. The number of imide groups is 1. The molecule has 4 nitrogen and oxygen atoms in total. The molecule has 0 aromatic heterocycles. The van der Waals surface area contributed by atoms with Crippen molar-refractivity contribution in [2.24, 2.45) is 0 Å². The van der Waals surface area contributed by atoms with Gasteiger partial charge in [-0.2, -0.15) is 11.8 Å². The Bertz CT molecular complexity index is 509. The molecular formula is C18H26N2O2S. The molecule has 126 valence electrons. The molecule has 0 atom stereocenters. The first kappa shape index (κ1) is 18.0. The minimum absolute atomic E-state index is 0.139. The summed E-state index contributed by atoms with van der Waals surface area (Å²) in [7, 11) is 0. The van der Waals surface area contributed by atoms with Crippen molar-refractivity contribution < 1.29 is 9.59 Å². The van der Waals surface area contributed by atoms with Crippen LogP contribution < -0.4 is 0 Å². The molecule has 5 heteroatoms. The quantitative estimate of drug-likeness (QED) is 0.487. The summed E-state index contributed by atoms with van der Waals surface area (Å²) >= 11 is 1.95. The standard InChI is InChI=1S/C18H26N2O2S/c1-3-19(4-2)12-14-23-13-8-7-11-20-17(21)15-9-5-6-10-16(15)18(20)22/h5-6,9-10H,3-4,7-8,11-14H2,1-2H3. The van der Waals surface area contributed by atoms with Crippen molar-refractivity contribution >= 4 is 23.6 Å². The third kappa shape index (κ3) is 4.58. The summed E-state index contributed by atoms with van der Waals surface area (Å²) in [6.07, 6.45) is 1.92. The minimum Gasteiger partial charge on any atom is -0.303 e. The van der Waals surface area contributed by atoms with Crippen LogP contribution in [-0.4, -0.2) is 59.3 Å². The summed E-state index contributed by atoms with van der Waals surface area (Å²) in [5, 5.41) is 0. The number of carbonyl (C=O) groups excluding carboxylic acids is 2. The van der Waals surface area contributed by atoms with E-state index in [0.717, 1.165) is 44.0 Å². The Morgan fingerprint density at radius 2 is 1.57 bits per heavy atom. The van der Waals surface area contributed by atoms with Gasteiger partial charge in [-0.25, -0.2) is 0 Å². The van der Waals surface area contributed by atoms with E-state index in [1.54, 1.807) is 24.3 Å². The Hall–Kier alpha value is -1.33. The van der Waals surface area contributed by atoms with E-state index >= 15 is 0 Å². The molecule has 0 saturated carbocycles. The molecular weight excluding hydrogens is 308 g/mol. The maximum atomic E-state index is 12.2. The third-order valence-electron chi connectivity index (χ3n) is 4.24. The van der Waals surface area contributed by atoms with Gasteiger partial charge >= 0.3 is 0 Å². The third-order valence-corrected chi connectivity index (χ3v) is 5.29. The number of carbonyl (C=O) groups is 2. The molecule has 1 heterocycles. The summed E-state index contributed by atoms with van der Waals surface area (Å²) < 4.78 is 0. The molecule has 0 N–H and O–H groups in total. The highest BCUT2D eigenvalue weighted by Crippen LogP contribution is 2.22. The van der Waals surface area contributed by atoms with Crippen LogP contribution in [0.15, 0.2) is 24.3 Å². The fraction of sp³-hybridized carbons (Fsp3) is 0.556. The molecule has 0 fully saturated rings. The summed E-state index contributed by atoms with van der Waals surface area (Å²) in [4.78, 5) is 28.2. The molecule has 0 unspecified atom stereocenters. The van der Waals surface area contributed by atoms with E-state index < -0.39 is 0 Å². The van der Waals surface area contributed by atoms with Crippen LogP contribution >= 0.6 is 11.8 Å². The van der Waals surface area contributed by atoms with E-state index in [1.165, 1.54) is 4.90 Å². The second kappa shape index (κ2) is 9.08. The summed E-state index contributed by atoms with van der Waals surface area (Å²) in [6.45, 7) is 8.26. The Balaban J connectivity index is 1.64. The van der Waals surface area contributed by atoms with Crippen molar-refractivity contribution in [1.82, 2.24) is 9.80 Å². The Kier molecular flexibility index (Phi) is 7.12. The zero-order valence-electron chi connectivity index (χ0n) is 14.1. The van der Waals surface area contributed by atoms with Crippen molar-refractivity contribution in [2.45, 2.75) is 26.7 Å². The van der Waals surface area contributed by atoms with E-state index in [4.69, 9.17) is 0 Å². The van der Waals surface area contributed by atoms with Crippen LogP contribution in [0.4, 0.5) is 0 Å². The highest BCUT2D eigenvalue weighted by atomic mass is 32.2. The summed E-state index contributed by atoms with van der Waals surface area (Å²) in [6, 6.07) is 7.08. The monoisotopic (exact) mass is 334 g/mol. The number of fused-ring (bicyclic) bond motifs is 1. The Morgan fingerprint density at radius 3 is 2.13 bits per heavy atom. The van der Waals surface area contributed by atoms with Gasteiger partial charge in [0.05, 0.1) is 11.1 Å². The predicted octanol–water partition coefficient (Wildman–Crippen LogP) is 3.14. The average molecular weight is 334 g/mol. The molecule has 1 aliphatic rings. The Morgan fingerprint density at radius 1 is 0.957 bits per heavy atom. The largest absolute Gasteiger partial charge is 0.303 e. The van der Waals surface area contributed by atoms with E-state index in [9.17, 15) is 9.59 Å². The lowest BCUT2D eigenvalue weighted by Gasteiger charge is -2.17. The van der Waals surface area contributed by atoms with Crippen molar-refractivity contribution in [3.63, 3.8) is 0 Å². The maximum absolute atomic E-state index is 12.2. The SMILES string of the molecule is CCN(CC)CCSCCCCN1C(=O)c2ccccc2C1=O. The highest BCUT2D eigenvalue weighted by Gasteiger charge is 2.34. The molecule has 0 bridgehead atoms. The molecule has 0 spiro atoms. The first-order valence-electron chi connectivity index (χ1n) is 8.44. The van der Waals surface area contributed by atoms with Crippen LogP contribution in [0, 0.1) is 0 Å². The van der Waals surface area contributed by atoms with Gasteiger partial charge in [-0.1, -0.05) is 26.0 Å². The second-order valence-corrected chi connectivity index (χ2v) is 6.88. The summed E-state index contributed by atoms with van der Waals surface area (Å²) in [5.74, 6) is 1.96. The number of hydrogen-bond donors (Lipinski definition) is 0. The fourth-order valence-corrected chi connectivity index (χ4v) is 3.75. The molecule has 2 rings (SSSR count). The van der Waals surface area contributed by atoms with Crippen LogP contribution in [0.3, 0.4) is 0 Å². The lowest BCUT2D eigenvalue weighted by Crippen LogP contribution is -2.30. The molecule has 1 aliphatic heterocycles. The fourth-order valence-electron chi connectivity index (χ4n) is 2.75. The van der Waals surface area contributed by atoms with Crippen LogP contribution in [0.1, 0.15) is 47.4 Å². The average Bonchev–Trinajstić information content (AvgIpc) is 2.82. The molecule has 1 aromatic rings. The van der Waals surface area contributed by atoms with Crippen molar-refractivity contribution in [3.05, 3.63) is 35.4 Å². The lowest BCUT2D eigenvalue weighted by atomic mass is 10.1. The van der Waals surface area contributed by atoms with Crippen LogP contribution in [0.5, 0.6) is 0 Å². The number of hydrogen-bond acceptors (Lipinski definition) is 4. The first-order chi connectivity index (χ1) is 11.2. The van der Waals surface area contributed by atoms with Gasteiger partial charge in [0, 0.05) is 18.8 Å². The van der Waals surface area contributed by atoms with Gasteiger partial charge in [-0.05, 0) is 43.8 Å². The van der Waals surface area contributed by atoms with E-state index in [2.05, 4.69) is 18.7 Å². The van der Waals surface area contributed by atoms with Crippen molar-refractivity contribution in [1.29, 1.82) is 0 Å². The molecule has 2 amide bonds. The number of amides is 2. The zero-order valence-corrected chi connectivity index (χ0v) is 14.9.